The molecule has 0 aromatic rings. The Morgan fingerprint density at radius 2 is 1.38 bits per heavy atom. The van der Waals surface area contributed by atoms with Crippen molar-refractivity contribution in [3.63, 3.8) is 0 Å². The lowest BCUT2D eigenvalue weighted by molar-refractivity contribution is 0.0552. The van der Waals surface area contributed by atoms with Gasteiger partial charge in [-0.1, -0.05) is 20.8 Å². The summed E-state index contributed by atoms with van der Waals surface area (Å²) in [4.78, 5) is 2.51. The third-order valence-corrected chi connectivity index (χ3v) is 4.32. The Balaban J connectivity index is 4.52. The smallest absolute Gasteiger partial charge is 0.0593 e. The maximum absolute atomic E-state index is 5.54. The molecule has 1 N–H and O–H groups in total. The number of hydrogen-bond donors (Lipinski definition) is 1. The lowest BCUT2D eigenvalue weighted by Crippen LogP contribution is -2.45. The molecule has 0 aliphatic carbocycles. The van der Waals surface area contributed by atoms with Crippen molar-refractivity contribution in [2.45, 2.75) is 47.5 Å². The summed E-state index contributed by atoms with van der Waals surface area (Å²) in [6.45, 7) is 19.4. The van der Waals surface area contributed by atoms with E-state index in [2.05, 4.69) is 44.8 Å². The standard InChI is InChI=1S/C17H38N2O2/c1-6-17(7-2,15-18-8-3)16-19(11-13-20-9-4)12-14-21-10-5/h18H,6-16H2,1-5H3. The van der Waals surface area contributed by atoms with Gasteiger partial charge in [0.1, 0.15) is 0 Å². The average Bonchev–Trinajstić information content (AvgIpc) is 2.51. The van der Waals surface area contributed by atoms with Crippen LogP contribution in [-0.4, -0.2) is 64.1 Å². The van der Waals surface area contributed by atoms with Crippen LogP contribution >= 0.6 is 0 Å². The molecule has 0 saturated carbocycles. The van der Waals surface area contributed by atoms with E-state index in [1.165, 1.54) is 12.8 Å². The van der Waals surface area contributed by atoms with Crippen molar-refractivity contribution in [2.24, 2.45) is 5.41 Å². The zero-order chi connectivity index (χ0) is 16.0. The molecule has 0 radical (unpaired) electrons. The van der Waals surface area contributed by atoms with Crippen LogP contribution in [0.15, 0.2) is 0 Å². The molecule has 0 spiro atoms. The summed E-state index contributed by atoms with van der Waals surface area (Å²) in [7, 11) is 0. The molecule has 0 aliphatic rings. The summed E-state index contributed by atoms with van der Waals surface area (Å²) in [5.41, 5.74) is 0.356. The first-order valence-corrected chi connectivity index (χ1v) is 8.76. The van der Waals surface area contributed by atoms with Gasteiger partial charge in [0, 0.05) is 39.4 Å². The van der Waals surface area contributed by atoms with Gasteiger partial charge < -0.3 is 14.8 Å². The van der Waals surface area contributed by atoms with E-state index in [9.17, 15) is 0 Å². The van der Waals surface area contributed by atoms with Crippen molar-refractivity contribution in [1.29, 1.82) is 0 Å². The lowest BCUT2D eigenvalue weighted by Gasteiger charge is -2.37. The summed E-state index contributed by atoms with van der Waals surface area (Å²) < 4.78 is 11.1. The first-order chi connectivity index (χ1) is 10.2. The Labute approximate surface area is 132 Å². The number of hydrogen-bond acceptors (Lipinski definition) is 4. The fraction of sp³-hybridized carbons (Fsp3) is 1.00. The predicted octanol–water partition coefficient (Wildman–Crippen LogP) is 2.78. The van der Waals surface area contributed by atoms with Gasteiger partial charge in [0.2, 0.25) is 0 Å². The quantitative estimate of drug-likeness (QED) is 0.472. The van der Waals surface area contributed by atoms with Gasteiger partial charge in [-0.05, 0) is 38.6 Å². The van der Waals surface area contributed by atoms with Crippen molar-refractivity contribution in [3.05, 3.63) is 0 Å². The number of ether oxygens (including phenoxy) is 2. The highest BCUT2D eigenvalue weighted by Crippen LogP contribution is 2.26. The average molecular weight is 303 g/mol. The van der Waals surface area contributed by atoms with Crippen LogP contribution < -0.4 is 5.32 Å². The summed E-state index contributed by atoms with van der Waals surface area (Å²) in [6.07, 6.45) is 2.41. The second-order valence-electron chi connectivity index (χ2n) is 5.66. The van der Waals surface area contributed by atoms with Crippen LogP contribution in [0.5, 0.6) is 0 Å². The lowest BCUT2D eigenvalue weighted by atomic mass is 9.81. The summed E-state index contributed by atoms with van der Waals surface area (Å²) in [6, 6.07) is 0. The Morgan fingerprint density at radius 3 is 1.76 bits per heavy atom. The van der Waals surface area contributed by atoms with E-state index >= 15 is 0 Å². The van der Waals surface area contributed by atoms with Crippen molar-refractivity contribution >= 4 is 0 Å². The molecular weight excluding hydrogens is 264 g/mol. The van der Waals surface area contributed by atoms with Crippen LogP contribution in [0.25, 0.3) is 0 Å². The van der Waals surface area contributed by atoms with Crippen LogP contribution in [0.1, 0.15) is 47.5 Å². The molecule has 0 aliphatic heterocycles. The molecule has 0 heterocycles. The Hall–Kier alpha value is -0.160. The highest BCUT2D eigenvalue weighted by atomic mass is 16.5. The Bertz CT molecular complexity index is 211. The van der Waals surface area contributed by atoms with Crippen molar-refractivity contribution in [2.75, 3.05) is 59.2 Å². The molecule has 128 valence electrons. The molecule has 0 aromatic heterocycles. The minimum absolute atomic E-state index is 0.356. The van der Waals surface area contributed by atoms with Crippen LogP contribution in [0.3, 0.4) is 0 Å². The molecule has 4 nitrogen and oxygen atoms in total. The molecule has 0 bridgehead atoms. The summed E-state index contributed by atoms with van der Waals surface area (Å²) in [5, 5.41) is 3.54. The number of rotatable bonds is 15. The summed E-state index contributed by atoms with van der Waals surface area (Å²) >= 11 is 0. The highest BCUT2D eigenvalue weighted by molar-refractivity contribution is 4.83. The van der Waals surface area contributed by atoms with Crippen molar-refractivity contribution in [3.8, 4) is 0 Å². The van der Waals surface area contributed by atoms with Gasteiger partial charge in [0.05, 0.1) is 13.2 Å². The molecule has 0 fully saturated rings. The van der Waals surface area contributed by atoms with Crippen LogP contribution in [0, 0.1) is 5.41 Å². The molecular formula is C17H38N2O2. The summed E-state index contributed by atoms with van der Waals surface area (Å²) in [5.74, 6) is 0. The topological polar surface area (TPSA) is 33.7 Å². The van der Waals surface area contributed by atoms with Gasteiger partial charge >= 0.3 is 0 Å². The second kappa shape index (κ2) is 13.5. The molecule has 0 amide bonds. The fourth-order valence-electron chi connectivity index (χ4n) is 2.59. The normalized spacial score (nSPS) is 12.3. The Morgan fingerprint density at radius 1 is 0.857 bits per heavy atom. The molecule has 0 rings (SSSR count). The number of nitrogens with zero attached hydrogens (tertiary/aromatic N) is 1. The predicted molar refractivity (Wildman–Crippen MR) is 91.0 cm³/mol. The highest BCUT2D eigenvalue weighted by Gasteiger charge is 2.28. The molecule has 4 heteroatoms. The fourth-order valence-corrected chi connectivity index (χ4v) is 2.59. The van der Waals surface area contributed by atoms with Crippen LogP contribution in [0.2, 0.25) is 0 Å². The largest absolute Gasteiger partial charge is 0.380 e. The van der Waals surface area contributed by atoms with E-state index < -0.39 is 0 Å². The molecule has 0 aromatic carbocycles. The first kappa shape index (κ1) is 20.8. The van der Waals surface area contributed by atoms with Gasteiger partial charge in [0.25, 0.3) is 0 Å². The van der Waals surface area contributed by atoms with Gasteiger partial charge in [-0.3, -0.25) is 4.90 Å². The van der Waals surface area contributed by atoms with Gasteiger partial charge in [-0.2, -0.15) is 0 Å². The maximum atomic E-state index is 5.54. The van der Waals surface area contributed by atoms with E-state index in [1.54, 1.807) is 0 Å². The van der Waals surface area contributed by atoms with E-state index in [0.717, 1.165) is 59.2 Å². The van der Waals surface area contributed by atoms with Crippen molar-refractivity contribution < 1.29 is 9.47 Å². The van der Waals surface area contributed by atoms with Gasteiger partial charge in [0.15, 0.2) is 0 Å². The zero-order valence-corrected chi connectivity index (χ0v) is 15.0. The molecule has 0 unspecified atom stereocenters. The minimum atomic E-state index is 0.356. The van der Waals surface area contributed by atoms with E-state index in [4.69, 9.17) is 9.47 Å². The van der Waals surface area contributed by atoms with Crippen LogP contribution in [0.4, 0.5) is 0 Å². The Kier molecular flexibility index (Phi) is 13.4. The van der Waals surface area contributed by atoms with Crippen LogP contribution in [-0.2, 0) is 9.47 Å². The second-order valence-corrected chi connectivity index (χ2v) is 5.66. The monoisotopic (exact) mass is 302 g/mol. The zero-order valence-electron chi connectivity index (χ0n) is 15.0. The van der Waals surface area contributed by atoms with Gasteiger partial charge in [-0.25, -0.2) is 0 Å². The SMILES string of the molecule is CCNCC(CC)(CC)CN(CCOCC)CCOCC. The van der Waals surface area contributed by atoms with E-state index in [-0.39, 0.29) is 0 Å². The van der Waals surface area contributed by atoms with Gasteiger partial charge in [-0.15, -0.1) is 0 Å². The third-order valence-electron chi connectivity index (χ3n) is 4.32. The minimum Gasteiger partial charge on any atom is -0.380 e. The maximum Gasteiger partial charge on any atom is 0.0593 e. The molecule has 21 heavy (non-hydrogen) atoms. The van der Waals surface area contributed by atoms with E-state index in [0.29, 0.717) is 5.41 Å². The molecule has 0 saturated heterocycles. The first-order valence-electron chi connectivity index (χ1n) is 8.76. The van der Waals surface area contributed by atoms with E-state index in [1.807, 2.05) is 0 Å². The molecule has 0 atom stereocenters. The number of nitrogens with one attached hydrogen (secondary N) is 1. The van der Waals surface area contributed by atoms with Crippen molar-refractivity contribution in [1.82, 2.24) is 10.2 Å². The third kappa shape index (κ3) is 9.46.